The maximum Gasteiger partial charge on any atom is 0.306 e. The van der Waals surface area contributed by atoms with E-state index in [0.717, 1.165) is 135 Å². The molecule has 1 unspecified atom stereocenters. The first kappa shape index (κ1) is 74.1. The number of hydrogen-bond donors (Lipinski definition) is 0. The zero-order valence-corrected chi connectivity index (χ0v) is 51.2. The number of carbonyl (C=O) groups is 3. The van der Waals surface area contributed by atoms with Crippen molar-refractivity contribution in [2.75, 3.05) is 13.2 Å². The van der Waals surface area contributed by atoms with Crippen LogP contribution in [0.2, 0.25) is 0 Å². The maximum absolute atomic E-state index is 12.9. The molecule has 0 spiro atoms. The van der Waals surface area contributed by atoms with Gasteiger partial charge in [0.15, 0.2) is 6.10 Å². The lowest BCUT2D eigenvalue weighted by atomic mass is 10.0. The largest absolute Gasteiger partial charge is 0.462 e. The van der Waals surface area contributed by atoms with Gasteiger partial charge in [0.2, 0.25) is 0 Å². The predicted molar refractivity (Wildman–Crippen MR) is 339 cm³/mol. The fourth-order valence-corrected chi connectivity index (χ4v) is 9.06. The summed E-state index contributed by atoms with van der Waals surface area (Å²) in [7, 11) is 0. The van der Waals surface area contributed by atoms with Crippen molar-refractivity contribution >= 4 is 17.9 Å². The Hall–Kier alpha value is -3.93. The number of allylic oxidation sites excluding steroid dienone is 18. The summed E-state index contributed by atoms with van der Waals surface area (Å²) in [5, 5.41) is 0. The van der Waals surface area contributed by atoms with Crippen LogP contribution < -0.4 is 0 Å². The molecule has 0 saturated heterocycles. The van der Waals surface area contributed by atoms with E-state index in [1.165, 1.54) is 135 Å². The minimum Gasteiger partial charge on any atom is -0.462 e. The predicted octanol–water partition coefficient (Wildman–Crippen LogP) is 22.6. The first-order chi connectivity index (χ1) is 38.5. The van der Waals surface area contributed by atoms with Crippen molar-refractivity contribution in [3.8, 4) is 0 Å². The van der Waals surface area contributed by atoms with E-state index < -0.39 is 6.10 Å². The van der Waals surface area contributed by atoms with E-state index >= 15 is 0 Å². The van der Waals surface area contributed by atoms with Gasteiger partial charge in [0, 0.05) is 19.3 Å². The second-order valence-corrected chi connectivity index (χ2v) is 21.6. The van der Waals surface area contributed by atoms with Gasteiger partial charge in [-0.3, -0.25) is 14.4 Å². The molecular formula is C72H122O6. The average Bonchev–Trinajstić information content (AvgIpc) is 3.44. The lowest BCUT2D eigenvalue weighted by molar-refractivity contribution is -0.167. The van der Waals surface area contributed by atoms with Gasteiger partial charge in [-0.1, -0.05) is 271 Å². The van der Waals surface area contributed by atoms with E-state index in [1.54, 1.807) is 0 Å². The summed E-state index contributed by atoms with van der Waals surface area (Å²) in [4.78, 5) is 38.3. The summed E-state index contributed by atoms with van der Waals surface area (Å²) in [5.74, 6) is -0.926. The highest BCUT2D eigenvalue weighted by Crippen LogP contribution is 2.16. The molecule has 0 radical (unpaired) electrons. The highest BCUT2D eigenvalue weighted by Gasteiger charge is 2.19. The molecule has 0 heterocycles. The molecule has 0 bridgehead atoms. The molecule has 6 heteroatoms. The molecular weight excluding hydrogens is 961 g/mol. The SMILES string of the molecule is CC/C=C\C/C=C\C/C=C\C/C=C\CCCCCCC(=O)OC(COC(=O)CCCCCCC/C=C\C/C=C\CCCCCC)COC(=O)CCCCCCCCCCCCCC/C=C\C/C=C\C/C=C\CCCCCCC. The fourth-order valence-electron chi connectivity index (χ4n) is 9.06. The highest BCUT2D eigenvalue weighted by molar-refractivity contribution is 5.71. The van der Waals surface area contributed by atoms with Crippen molar-refractivity contribution in [1.29, 1.82) is 0 Å². The molecule has 0 fully saturated rings. The van der Waals surface area contributed by atoms with Crippen LogP contribution in [0.4, 0.5) is 0 Å². The van der Waals surface area contributed by atoms with Crippen LogP contribution in [0.25, 0.3) is 0 Å². The normalized spacial score (nSPS) is 12.8. The third kappa shape index (κ3) is 62.9. The summed E-state index contributed by atoms with van der Waals surface area (Å²) < 4.78 is 16.9. The smallest absolute Gasteiger partial charge is 0.306 e. The van der Waals surface area contributed by atoms with Gasteiger partial charge in [-0.05, 0) is 128 Å². The summed E-state index contributed by atoms with van der Waals surface area (Å²) in [6.45, 7) is 6.49. The highest BCUT2D eigenvalue weighted by atomic mass is 16.6. The van der Waals surface area contributed by atoms with E-state index in [9.17, 15) is 14.4 Å². The van der Waals surface area contributed by atoms with Gasteiger partial charge >= 0.3 is 17.9 Å². The van der Waals surface area contributed by atoms with E-state index in [2.05, 4.69) is 130 Å². The molecule has 0 rings (SSSR count). The number of carbonyl (C=O) groups excluding carboxylic acids is 3. The number of hydrogen-bond acceptors (Lipinski definition) is 6. The Morgan fingerprint density at radius 2 is 0.500 bits per heavy atom. The van der Waals surface area contributed by atoms with Crippen molar-refractivity contribution in [1.82, 2.24) is 0 Å². The second kappa shape index (κ2) is 65.6. The number of ether oxygens (including phenoxy) is 3. The van der Waals surface area contributed by atoms with Crippen molar-refractivity contribution < 1.29 is 28.6 Å². The standard InChI is InChI=1S/C72H122O6/c1-4-7-10-13-16-19-22-25-28-31-32-33-34-35-36-37-38-39-40-42-44-47-50-53-56-59-62-65-71(74)77-68-69(67-76-70(73)64-61-58-55-52-49-46-43-30-27-24-21-18-15-12-9-6-3)78-72(75)66-63-60-57-54-51-48-45-41-29-26-23-20-17-14-11-8-5-2/h8,11,17,20-22,24-26,29-32,34-35,43,45,48,69H,4-7,9-10,12-16,18-19,23,27-28,33,36-42,44,46-47,49-68H2,1-3H3/b11-8-,20-17-,24-21-,25-22-,29-26-,32-31-,35-34-,43-30-,48-45-. The van der Waals surface area contributed by atoms with Gasteiger partial charge in [-0.2, -0.15) is 0 Å². The zero-order valence-electron chi connectivity index (χ0n) is 51.2. The molecule has 0 aromatic carbocycles. The molecule has 78 heavy (non-hydrogen) atoms. The van der Waals surface area contributed by atoms with Crippen LogP contribution in [0.5, 0.6) is 0 Å². The van der Waals surface area contributed by atoms with Crippen LogP contribution in [0.1, 0.15) is 310 Å². The Morgan fingerprint density at radius 3 is 0.795 bits per heavy atom. The quantitative estimate of drug-likeness (QED) is 0.0261. The Morgan fingerprint density at radius 1 is 0.269 bits per heavy atom. The molecule has 0 aliphatic carbocycles. The molecule has 6 nitrogen and oxygen atoms in total. The molecule has 0 aliphatic heterocycles. The second-order valence-electron chi connectivity index (χ2n) is 21.6. The van der Waals surface area contributed by atoms with Gasteiger partial charge in [0.25, 0.3) is 0 Å². The molecule has 0 N–H and O–H groups in total. The molecule has 0 saturated carbocycles. The topological polar surface area (TPSA) is 78.9 Å². The van der Waals surface area contributed by atoms with Gasteiger partial charge in [-0.25, -0.2) is 0 Å². The summed E-state index contributed by atoms with van der Waals surface area (Å²) >= 11 is 0. The molecule has 446 valence electrons. The Kier molecular flexibility index (Phi) is 62.3. The molecule has 0 amide bonds. The van der Waals surface area contributed by atoms with Crippen molar-refractivity contribution in [3.05, 3.63) is 109 Å². The van der Waals surface area contributed by atoms with Crippen LogP contribution in [0.15, 0.2) is 109 Å². The van der Waals surface area contributed by atoms with E-state index in [-0.39, 0.29) is 31.1 Å². The lowest BCUT2D eigenvalue weighted by Gasteiger charge is -2.18. The van der Waals surface area contributed by atoms with Crippen LogP contribution in [0.3, 0.4) is 0 Å². The zero-order chi connectivity index (χ0) is 56.4. The fraction of sp³-hybridized carbons (Fsp3) is 0.708. The van der Waals surface area contributed by atoms with Gasteiger partial charge in [0.05, 0.1) is 0 Å². The van der Waals surface area contributed by atoms with Crippen molar-refractivity contribution in [2.45, 2.75) is 316 Å². The lowest BCUT2D eigenvalue weighted by Crippen LogP contribution is -2.30. The molecule has 0 aromatic heterocycles. The average molecular weight is 1080 g/mol. The first-order valence-corrected chi connectivity index (χ1v) is 32.9. The monoisotopic (exact) mass is 1080 g/mol. The Labute approximate surface area is 482 Å². The van der Waals surface area contributed by atoms with E-state index in [1.807, 2.05) is 0 Å². The van der Waals surface area contributed by atoms with Crippen LogP contribution in [-0.4, -0.2) is 37.2 Å². The Balaban J connectivity index is 4.36. The van der Waals surface area contributed by atoms with Crippen LogP contribution in [-0.2, 0) is 28.6 Å². The van der Waals surface area contributed by atoms with E-state index in [4.69, 9.17) is 14.2 Å². The van der Waals surface area contributed by atoms with Crippen molar-refractivity contribution in [3.63, 3.8) is 0 Å². The minimum absolute atomic E-state index is 0.0941. The van der Waals surface area contributed by atoms with Crippen LogP contribution >= 0.6 is 0 Å². The molecule has 1 atom stereocenters. The third-order valence-corrected chi connectivity index (χ3v) is 14.0. The summed E-state index contributed by atoms with van der Waals surface area (Å²) in [5.41, 5.74) is 0. The molecule has 0 aliphatic rings. The summed E-state index contributed by atoms with van der Waals surface area (Å²) in [6, 6.07) is 0. The van der Waals surface area contributed by atoms with Gasteiger partial charge in [0.1, 0.15) is 13.2 Å². The number of unbranched alkanes of at least 4 members (excludes halogenated alkanes) is 30. The third-order valence-electron chi connectivity index (χ3n) is 14.0. The summed E-state index contributed by atoms with van der Waals surface area (Å²) in [6.07, 6.45) is 89.5. The Bertz CT molecular complexity index is 1570. The van der Waals surface area contributed by atoms with Crippen LogP contribution in [0, 0.1) is 0 Å². The number of rotatable bonds is 59. The van der Waals surface area contributed by atoms with Gasteiger partial charge in [-0.15, -0.1) is 0 Å². The molecule has 0 aromatic rings. The maximum atomic E-state index is 12.9. The number of esters is 3. The van der Waals surface area contributed by atoms with E-state index in [0.29, 0.717) is 19.3 Å². The van der Waals surface area contributed by atoms with Crippen molar-refractivity contribution in [2.24, 2.45) is 0 Å². The first-order valence-electron chi connectivity index (χ1n) is 32.9. The minimum atomic E-state index is -0.801. The van der Waals surface area contributed by atoms with Gasteiger partial charge < -0.3 is 14.2 Å².